The Balaban J connectivity index is 1.72. The lowest BCUT2D eigenvalue weighted by atomic mass is 9.71. The van der Waals surface area contributed by atoms with Gasteiger partial charge in [-0.05, 0) is 56.2 Å². The van der Waals surface area contributed by atoms with Crippen LogP contribution in [0.2, 0.25) is 0 Å². The summed E-state index contributed by atoms with van der Waals surface area (Å²) < 4.78 is 0. The summed E-state index contributed by atoms with van der Waals surface area (Å²) in [6, 6.07) is 12.1. The molecule has 5 heteroatoms. The first kappa shape index (κ1) is 17.9. The van der Waals surface area contributed by atoms with Gasteiger partial charge in [-0.25, -0.2) is 0 Å². The van der Waals surface area contributed by atoms with Gasteiger partial charge < -0.3 is 10.3 Å². The molecule has 0 atom stereocenters. The van der Waals surface area contributed by atoms with E-state index in [0.717, 1.165) is 36.1 Å². The number of hydrogen-bond donors (Lipinski definition) is 2. The number of aromatic amines is 1. The zero-order valence-corrected chi connectivity index (χ0v) is 15.2. The molecule has 1 aliphatic rings. The summed E-state index contributed by atoms with van der Waals surface area (Å²) in [5, 5.41) is 12.4. The Bertz CT molecular complexity index is 919. The second kappa shape index (κ2) is 7.17. The number of nitrogens with one attached hydrogen (secondary N) is 2. The Morgan fingerprint density at radius 3 is 2.54 bits per heavy atom. The van der Waals surface area contributed by atoms with Crippen molar-refractivity contribution in [2.45, 2.75) is 51.5 Å². The minimum Gasteiger partial charge on any atom is -0.347 e. The Morgan fingerprint density at radius 2 is 1.96 bits per heavy atom. The van der Waals surface area contributed by atoms with Crippen molar-refractivity contribution in [3.63, 3.8) is 0 Å². The lowest BCUT2D eigenvalue weighted by molar-refractivity contribution is -0.124. The van der Waals surface area contributed by atoms with Crippen LogP contribution in [0.15, 0.2) is 35.1 Å². The molecule has 0 bridgehead atoms. The molecule has 2 aromatic rings. The van der Waals surface area contributed by atoms with Crippen LogP contribution in [0, 0.1) is 25.2 Å². The average Bonchev–Trinajstić information content (AvgIpc) is 2.58. The number of aromatic nitrogens is 1. The van der Waals surface area contributed by atoms with Crippen LogP contribution in [0.5, 0.6) is 0 Å². The number of hydrogen-bond acceptors (Lipinski definition) is 3. The molecule has 1 aromatic heterocycles. The van der Waals surface area contributed by atoms with Gasteiger partial charge in [-0.3, -0.25) is 9.59 Å². The number of rotatable bonds is 5. The Morgan fingerprint density at radius 1 is 1.27 bits per heavy atom. The summed E-state index contributed by atoms with van der Waals surface area (Å²) in [5.74, 6) is -0.00272. The molecule has 0 spiro atoms. The maximum absolute atomic E-state index is 12.6. The normalized spacial score (nSPS) is 15.0. The van der Waals surface area contributed by atoms with Gasteiger partial charge in [0.15, 0.2) is 0 Å². The molecule has 134 valence electrons. The van der Waals surface area contributed by atoms with Crippen LogP contribution in [0.1, 0.15) is 53.6 Å². The van der Waals surface area contributed by atoms with E-state index in [9.17, 15) is 9.59 Å². The van der Waals surface area contributed by atoms with Crippen LogP contribution >= 0.6 is 0 Å². The van der Waals surface area contributed by atoms with E-state index in [-0.39, 0.29) is 22.6 Å². The predicted molar refractivity (Wildman–Crippen MR) is 99.7 cm³/mol. The Labute approximate surface area is 153 Å². The number of amides is 1. The van der Waals surface area contributed by atoms with Crippen molar-refractivity contribution in [2.75, 3.05) is 0 Å². The minimum absolute atomic E-state index is 0.00272. The zero-order chi connectivity index (χ0) is 18.7. The zero-order valence-electron chi connectivity index (χ0n) is 15.2. The molecule has 0 unspecified atom stereocenters. The van der Waals surface area contributed by atoms with Gasteiger partial charge in [0.25, 0.3) is 5.56 Å². The van der Waals surface area contributed by atoms with E-state index in [0.29, 0.717) is 18.4 Å². The number of nitrogens with zero attached hydrogens (tertiary/aromatic N) is 1. The van der Waals surface area contributed by atoms with Gasteiger partial charge in [0.2, 0.25) is 5.91 Å². The van der Waals surface area contributed by atoms with Crippen molar-refractivity contribution in [1.82, 2.24) is 10.3 Å². The van der Waals surface area contributed by atoms with Crippen LogP contribution in [0.4, 0.5) is 0 Å². The fourth-order valence-electron chi connectivity index (χ4n) is 3.76. The van der Waals surface area contributed by atoms with Crippen LogP contribution < -0.4 is 10.9 Å². The second-order valence-corrected chi connectivity index (χ2v) is 7.02. The molecule has 3 rings (SSSR count). The molecule has 1 heterocycles. The maximum atomic E-state index is 12.6. The smallest absolute Gasteiger partial charge is 0.266 e. The summed E-state index contributed by atoms with van der Waals surface area (Å²) in [7, 11) is 0. The maximum Gasteiger partial charge on any atom is 0.266 e. The fourth-order valence-corrected chi connectivity index (χ4v) is 3.76. The molecule has 2 N–H and O–H groups in total. The predicted octanol–water partition coefficient (Wildman–Crippen LogP) is 2.99. The van der Waals surface area contributed by atoms with Gasteiger partial charge in [0, 0.05) is 12.1 Å². The molecular formula is C21H23N3O2. The minimum atomic E-state index is -0.367. The third-order valence-electron chi connectivity index (χ3n) is 5.43. The summed E-state index contributed by atoms with van der Waals surface area (Å²) in [5.41, 5.74) is 2.94. The van der Waals surface area contributed by atoms with Crippen molar-refractivity contribution in [3.8, 4) is 6.07 Å². The quantitative estimate of drug-likeness (QED) is 0.870. The molecule has 1 saturated carbocycles. The molecule has 1 aliphatic carbocycles. The van der Waals surface area contributed by atoms with Crippen molar-refractivity contribution < 1.29 is 4.79 Å². The topological polar surface area (TPSA) is 85.8 Å². The third-order valence-corrected chi connectivity index (χ3v) is 5.43. The molecule has 0 saturated heterocycles. The van der Waals surface area contributed by atoms with E-state index in [2.05, 4.69) is 22.4 Å². The van der Waals surface area contributed by atoms with Crippen molar-refractivity contribution >= 4 is 5.91 Å². The molecule has 1 amide bonds. The highest BCUT2D eigenvalue weighted by Gasteiger charge is 2.39. The highest BCUT2D eigenvalue weighted by atomic mass is 16.1. The van der Waals surface area contributed by atoms with E-state index in [1.807, 2.05) is 24.3 Å². The van der Waals surface area contributed by atoms with Crippen molar-refractivity contribution in [3.05, 3.63) is 68.6 Å². The molecule has 5 nitrogen and oxygen atoms in total. The second-order valence-electron chi connectivity index (χ2n) is 7.02. The monoisotopic (exact) mass is 349 g/mol. The lowest BCUT2D eigenvalue weighted by Crippen LogP contribution is -2.50. The first-order valence-corrected chi connectivity index (χ1v) is 8.96. The summed E-state index contributed by atoms with van der Waals surface area (Å²) in [6.45, 7) is 3.58. The van der Waals surface area contributed by atoms with Gasteiger partial charge in [-0.15, -0.1) is 0 Å². The number of pyridine rings is 1. The summed E-state index contributed by atoms with van der Waals surface area (Å²) in [4.78, 5) is 27.1. The van der Waals surface area contributed by atoms with E-state index in [4.69, 9.17) is 5.26 Å². The highest BCUT2D eigenvalue weighted by Crippen LogP contribution is 2.41. The van der Waals surface area contributed by atoms with Gasteiger partial charge in [-0.2, -0.15) is 5.26 Å². The number of aryl methyl sites for hydroxylation is 1. The van der Waals surface area contributed by atoms with Crippen LogP contribution in [0.25, 0.3) is 0 Å². The van der Waals surface area contributed by atoms with Gasteiger partial charge in [0.05, 0.1) is 5.54 Å². The lowest BCUT2D eigenvalue weighted by Gasteiger charge is -2.43. The molecule has 1 fully saturated rings. The number of benzene rings is 1. The van der Waals surface area contributed by atoms with E-state index in [1.165, 1.54) is 0 Å². The molecule has 0 aliphatic heterocycles. The Hall–Kier alpha value is -2.87. The molecular weight excluding hydrogens is 326 g/mol. The first-order chi connectivity index (χ1) is 12.5. The van der Waals surface area contributed by atoms with E-state index >= 15 is 0 Å². The van der Waals surface area contributed by atoms with Crippen molar-refractivity contribution in [1.29, 1.82) is 5.26 Å². The van der Waals surface area contributed by atoms with Gasteiger partial charge in [-0.1, -0.05) is 30.3 Å². The van der Waals surface area contributed by atoms with Crippen molar-refractivity contribution in [2.24, 2.45) is 0 Å². The van der Waals surface area contributed by atoms with Crippen LogP contribution in [-0.2, 0) is 16.8 Å². The fraction of sp³-hybridized carbons (Fsp3) is 0.381. The number of nitriles is 1. The number of H-pyrrole nitrogens is 1. The molecule has 26 heavy (non-hydrogen) atoms. The summed E-state index contributed by atoms with van der Waals surface area (Å²) >= 11 is 0. The number of carbonyl (C=O) groups is 1. The van der Waals surface area contributed by atoms with Crippen LogP contribution in [-0.4, -0.2) is 10.9 Å². The standard InChI is InChI=1S/C21H23N3O2/c1-14-17(15(2)23-20(26)18(14)13-22)9-10-19(25)24-21(11-6-12-21)16-7-4-3-5-8-16/h3-5,7-8H,6,9-12H2,1-2H3,(H,23,26)(H,24,25). The van der Waals surface area contributed by atoms with E-state index < -0.39 is 0 Å². The molecule has 0 radical (unpaired) electrons. The van der Waals surface area contributed by atoms with Crippen LogP contribution in [0.3, 0.4) is 0 Å². The van der Waals surface area contributed by atoms with Gasteiger partial charge >= 0.3 is 0 Å². The average molecular weight is 349 g/mol. The van der Waals surface area contributed by atoms with Gasteiger partial charge in [0.1, 0.15) is 11.6 Å². The third kappa shape index (κ3) is 3.28. The molecule has 1 aromatic carbocycles. The number of carbonyl (C=O) groups excluding carboxylic acids is 1. The Kier molecular flexibility index (Phi) is 4.94. The largest absolute Gasteiger partial charge is 0.347 e. The first-order valence-electron chi connectivity index (χ1n) is 8.96. The summed E-state index contributed by atoms with van der Waals surface area (Å²) in [6.07, 6.45) is 3.85. The van der Waals surface area contributed by atoms with E-state index in [1.54, 1.807) is 13.8 Å². The highest BCUT2D eigenvalue weighted by molar-refractivity contribution is 5.77. The SMILES string of the molecule is Cc1[nH]c(=O)c(C#N)c(C)c1CCC(=O)NC1(c2ccccc2)CCC1.